The molecule has 2 amide bonds. The van der Waals surface area contributed by atoms with E-state index in [-0.39, 0.29) is 17.5 Å². The predicted octanol–water partition coefficient (Wildman–Crippen LogP) is 5.66. The molecule has 2 saturated heterocycles. The van der Waals surface area contributed by atoms with Gasteiger partial charge in [0.05, 0.1) is 11.0 Å². The minimum absolute atomic E-state index is 0.0893. The minimum atomic E-state index is 0.0893. The molecule has 2 aliphatic carbocycles. The topological polar surface area (TPSA) is 53.4 Å². The number of benzene rings is 2. The number of hydrogen-bond donors (Lipinski definition) is 1. The second-order valence-electron chi connectivity index (χ2n) is 12.8. The van der Waals surface area contributed by atoms with Crippen molar-refractivity contribution in [1.82, 2.24) is 24.7 Å². The van der Waals surface area contributed by atoms with Crippen LogP contribution in [0.5, 0.6) is 0 Å². The van der Waals surface area contributed by atoms with E-state index in [0.717, 1.165) is 43.3 Å². The largest absolute Gasteiger partial charge is 0.336 e. The van der Waals surface area contributed by atoms with Gasteiger partial charge in [0.25, 0.3) is 0 Å². The zero-order valence-corrected chi connectivity index (χ0v) is 23.1. The molecule has 6 nitrogen and oxygen atoms in total. The Morgan fingerprint density at radius 2 is 1.76 bits per heavy atom. The summed E-state index contributed by atoms with van der Waals surface area (Å²) < 4.78 is 2.54. The fraction of sp³-hybridized carbons (Fsp3) is 0.562. The van der Waals surface area contributed by atoms with Crippen molar-refractivity contribution in [2.45, 2.75) is 88.9 Å². The summed E-state index contributed by atoms with van der Waals surface area (Å²) in [5.74, 6) is 1.16. The van der Waals surface area contributed by atoms with Gasteiger partial charge in [-0.2, -0.15) is 0 Å². The van der Waals surface area contributed by atoms with E-state index in [1.807, 2.05) is 18.7 Å². The normalized spacial score (nSPS) is 29.7. The van der Waals surface area contributed by atoms with Crippen LogP contribution in [0.15, 0.2) is 54.6 Å². The molecule has 0 bridgehead atoms. The van der Waals surface area contributed by atoms with Crippen LogP contribution in [0.3, 0.4) is 0 Å². The lowest BCUT2D eigenvalue weighted by Crippen LogP contribution is -2.55. The number of piperidine rings is 1. The molecular weight excluding hydrogens is 470 g/mol. The first-order valence-corrected chi connectivity index (χ1v) is 14.7. The number of carbonyl (C=O) groups is 1. The first kappa shape index (κ1) is 24.2. The van der Waals surface area contributed by atoms with Crippen molar-refractivity contribution in [2.75, 3.05) is 19.6 Å². The number of aryl methyl sites for hydroxylation is 1. The molecule has 7 rings (SSSR count). The molecule has 1 N–H and O–H groups in total. The molecule has 4 unspecified atom stereocenters. The number of carbonyl (C=O) groups excluding carboxylic acids is 1. The van der Waals surface area contributed by atoms with Gasteiger partial charge >= 0.3 is 6.03 Å². The van der Waals surface area contributed by atoms with Crippen LogP contribution in [-0.4, -0.2) is 63.1 Å². The third kappa shape index (κ3) is 3.70. The molecule has 4 fully saturated rings. The van der Waals surface area contributed by atoms with Crippen LogP contribution in [-0.2, 0) is 5.41 Å². The number of hydrogen-bond acceptors (Lipinski definition) is 3. The van der Waals surface area contributed by atoms with Gasteiger partial charge in [0.15, 0.2) is 0 Å². The first-order valence-electron chi connectivity index (χ1n) is 14.7. The van der Waals surface area contributed by atoms with Crippen LogP contribution >= 0.6 is 0 Å². The molecular formula is C32H41N5O. The fourth-order valence-corrected chi connectivity index (χ4v) is 8.51. The third-order valence-electron chi connectivity index (χ3n) is 10.4. The Labute approximate surface area is 226 Å². The Hall–Kier alpha value is -2.86. The van der Waals surface area contributed by atoms with Crippen LogP contribution in [0.2, 0.25) is 0 Å². The van der Waals surface area contributed by atoms with Crippen molar-refractivity contribution < 1.29 is 4.79 Å². The summed E-state index contributed by atoms with van der Waals surface area (Å²) in [6.07, 6.45) is 7.20. The third-order valence-corrected chi connectivity index (χ3v) is 10.4. The Kier molecular flexibility index (Phi) is 5.63. The number of rotatable bonds is 6. The lowest BCUT2D eigenvalue weighted by atomic mass is 9.70. The van der Waals surface area contributed by atoms with Crippen molar-refractivity contribution in [2.24, 2.45) is 5.41 Å². The van der Waals surface area contributed by atoms with Crippen LogP contribution in [0.1, 0.15) is 69.8 Å². The molecule has 2 aliphatic heterocycles. The van der Waals surface area contributed by atoms with Gasteiger partial charge in [-0.05, 0) is 89.0 Å². The van der Waals surface area contributed by atoms with Gasteiger partial charge in [0.1, 0.15) is 5.82 Å². The first-order chi connectivity index (χ1) is 18.4. The Balaban J connectivity index is 1.06. The summed E-state index contributed by atoms with van der Waals surface area (Å²) in [7, 11) is 0. The zero-order valence-electron chi connectivity index (χ0n) is 23.1. The number of urea groups is 1. The minimum Gasteiger partial charge on any atom is -0.336 e. The number of para-hydroxylation sites is 2. The summed E-state index contributed by atoms with van der Waals surface area (Å²) in [5.41, 5.74) is 4.59. The van der Waals surface area contributed by atoms with E-state index in [1.54, 1.807) is 0 Å². The summed E-state index contributed by atoms with van der Waals surface area (Å²) in [4.78, 5) is 22.4. The van der Waals surface area contributed by atoms with E-state index in [0.29, 0.717) is 17.5 Å². The fourth-order valence-electron chi connectivity index (χ4n) is 8.51. The smallest absolute Gasteiger partial charge is 0.317 e. The highest BCUT2D eigenvalue weighted by molar-refractivity contribution is 5.76. The lowest BCUT2D eigenvalue weighted by Gasteiger charge is -2.48. The SMILES string of the molecule is Cc1nc2ccccc2n1C1CC2N(CCC3(c4ccccc4)CCN(C(=O)NC(C)C)CC3)C3CC23C1. The monoisotopic (exact) mass is 511 g/mol. The summed E-state index contributed by atoms with van der Waals surface area (Å²) in [6.45, 7) is 9.08. The van der Waals surface area contributed by atoms with Crippen LogP contribution in [0.25, 0.3) is 11.0 Å². The number of likely N-dealkylation sites (tertiary alicyclic amines) is 2. The van der Waals surface area contributed by atoms with Gasteiger partial charge in [-0.25, -0.2) is 9.78 Å². The predicted molar refractivity (Wildman–Crippen MR) is 151 cm³/mol. The Bertz CT molecular complexity index is 1340. The molecule has 3 aromatic rings. The maximum atomic E-state index is 12.7. The molecule has 1 spiro atoms. The van der Waals surface area contributed by atoms with Crippen molar-refractivity contribution in [1.29, 1.82) is 0 Å². The van der Waals surface area contributed by atoms with Crippen LogP contribution < -0.4 is 5.32 Å². The summed E-state index contributed by atoms with van der Waals surface area (Å²) in [6, 6.07) is 22.1. The number of nitrogens with zero attached hydrogens (tertiary/aromatic N) is 4. The molecule has 4 aliphatic rings. The maximum absolute atomic E-state index is 12.7. The number of nitrogens with one attached hydrogen (secondary N) is 1. The van der Waals surface area contributed by atoms with E-state index < -0.39 is 0 Å². The molecule has 1 aromatic heterocycles. The molecule has 38 heavy (non-hydrogen) atoms. The highest BCUT2D eigenvalue weighted by atomic mass is 16.2. The van der Waals surface area contributed by atoms with E-state index in [4.69, 9.17) is 4.98 Å². The molecule has 3 heterocycles. The number of imidazole rings is 1. The van der Waals surface area contributed by atoms with Gasteiger partial charge in [-0.3, -0.25) is 4.90 Å². The lowest BCUT2D eigenvalue weighted by molar-refractivity contribution is 0.0232. The van der Waals surface area contributed by atoms with E-state index in [1.165, 1.54) is 43.3 Å². The van der Waals surface area contributed by atoms with Gasteiger partial charge in [-0.15, -0.1) is 0 Å². The maximum Gasteiger partial charge on any atom is 0.317 e. The van der Waals surface area contributed by atoms with Gasteiger partial charge in [-0.1, -0.05) is 42.5 Å². The van der Waals surface area contributed by atoms with Gasteiger partial charge in [0, 0.05) is 42.7 Å². The standard InChI is InChI=1S/C32H41N5O/c1-22(2)33-30(38)35-16-13-31(14-17-35,24-9-5-4-6-10-24)15-18-36-28-19-25(20-32(28)21-29(32)36)37-23(3)34-26-11-7-8-12-27(26)37/h4-12,22,25,28-29H,13-21H2,1-3H3,(H,33,38). The quantitative estimate of drug-likeness (QED) is 0.464. The van der Waals surface area contributed by atoms with Crippen LogP contribution in [0.4, 0.5) is 4.79 Å². The van der Waals surface area contributed by atoms with Crippen molar-refractivity contribution >= 4 is 17.1 Å². The van der Waals surface area contributed by atoms with Gasteiger partial charge < -0.3 is 14.8 Å². The summed E-state index contributed by atoms with van der Waals surface area (Å²) in [5, 5.41) is 3.09. The summed E-state index contributed by atoms with van der Waals surface area (Å²) >= 11 is 0. The van der Waals surface area contributed by atoms with Gasteiger partial charge in [0.2, 0.25) is 0 Å². The molecule has 0 radical (unpaired) electrons. The molecule has 2 saturated carbocycles. The molecule has 200 valence electrons. The van der Waals surface area contributed by atoms with Crippen molar-refractivity contribution in [3.8, 4) is 0 Å². The number of aromatic nitrogens is 2. The van der Waals surface area contributed by atoms with Crippen molar-refractivity contribution in [3.63, 3.8) is 0 Å². The Morgan fingerprint density at radius 1 is 1.03 bits per heavy atom. The zero-order chi connectivity index (χ0) is 26.1. The second kappa shape index (κ2) is 8.84. The van der Waals surface area contributed by atoms with Crippen molar-refractivity contribution in [3.05, 3.63) is 66.0 Å². The van der Waals surface area contributed by atoms with E-state index >= 15 is 0 Å². The molecule has 6 heteroatoms. The average molecular weight is 512 g/mol. The molecule has 2 aromatic carbocycles. The Morgan fingerprint density at radius 3 is 2.53 bits per heavy atom. The average Bonchev–Trinajstić information content (AvgIpc) is 3.23. The van der Waals surface area contributed by atoms with E-state index in [2.05, 4.69) is 76.3 Å². The molecule has 4 atom stereocenters. The number of fused-ring (bicyclic) bond motifs is 1. The number of amides is 2. The highest BCUT2D eigenvalue weighted by Crippen LogP contribution is 2.72. The highest BCUT2D eigenvalue weighted by Gasteiger charge is 2.75. The second-order valence-corrected chi connectivity index (χ2v) is 12.8. The van der Waals surface area contributed by atoms with E-state index in [9.17, 15) is 4.79 Å². The van der Waals surface area contributed by atoms with Crippen LogP contribution in [0, 0.1) is 12.3 Å².